The Balaban J connectivity index is 2.04. The average Bonchev–Trinajstić information content (AvgIpc) is 2.96. The standard InChI is InChI=1S/C17H17N3O/c1-12-19-17(20-21-12)16(18)15(13-8-4-2-5-9-13)14-10-6-3-7-11-14/h2-11,15-16H,18H2,1H3. The van der Waals surface area contributed by atoms with Gasteiger partial charge in [0, 0.05) is 12.8 Å². The quantitative estimate of drug-likeness (QED) is 0.796. The Morgan fingerprint density at radius 2 is 1.43 bits per heavy atom. The summed E-state index contributed by atoms with van der Waals surface area (Å²) in [5.74, 6) is 1.05. The van der Waals surface area contributed by atoms with E-state index in [1.807, 2.05) is 36.4 Å². The van der Waals surface area contributed by atoms with Crippen molar-refractivity contribution in [2.24, 2.45) is 5.73 Å². The lowest BCUT2D eigenvalue weighted by Gasteiger charge is -2.22. The number of hydrogen-bond donors (Lipinski definition) is 1. The number of aromatic nitrogens is 2. The van der Waals surface area contributed by atoms with Gasteiger partial charge in [-0.1, -0.05) is 65.8 Å². The smallest absolute Gasteiger partial charge is 0.223 e. The van der Waals surface area contributed by atoms with Gasteiger partial charge in [-0.2, -0.15) is 4.98 Å². The molecule has 2 aromatic carbocycles. The van der Waals surface area contributed by atoms with Crippen LogP contribution in [-0.4, -0.2) is 10.1 Å². The second-order valence-corrected chi connectivity index (χ2v) is 5.00. The predicted octanol–water partition coefficient (Wildman–Crippen LogP) is 3.21. The molecule has 0 bridgehead atoms. The van der Waals surface area contributed by atoms with Gasteiger partial charge >= 0.3 is 0 Å². The maximum Gasteiger partial charge on any atom is 0.223 e. The monoisotopic (exact) mass is 279 g/mol. The van der Waals surface area contributed by atoms with Crippen LogP contribution in [0.5, 0.6) is 0 Å². The molecule has 1 heterocycles. The van der Waals surface area contributed by atoms with E-state index >= 15 is 0 Å². The molecule has 0 spiro atoms. The minimum Gasteiger partial charge on any atom is -0.340 e. The Morgan fingerprint density at radius 1 is 0.905 bits per heavy atom. The van der Waals surface area contributed by atoms with Crippen molar-refractivity contribution in [2.75, 3.05) is 0 Å². The molecule has 0 aliphatic carbocycles. The summed E-state index contributed by atoms with van der Waals surface area (Å²) in [7, 11) is 0. The lowest BCUT2D eigenvalue weighted by Crippen LogP contribution is -2.22. The van der Waals surface area contributed by atoms with Gasteiger partial charge < -0.3 is 10.3 Å². The molecule has 0 amide bonds. The molecule has 1 unspecified atom stereocenters. The molecule has 3 rings (SSSR count). The third-order valence-corrected chi connectivity index (χ3v) is 3.52. The van der Waals surface area contributed by atoms with Gasteiger partial charge in [-0.25, -0.2) is 0 Å². The Morgan fingerprint density at radius 3 is 1.86 bits per heavy atom. The maximum absolute atomic E-state index is 6.43. The van der Waals surface area contributed by atoms with Gasteiger partial charge in [0.25, 0.3) is 0 Å². The van der Waals surface area contributed by atoms with Crippen LogP contribution in [0.1, 0.15) is 34.8 Å². The van der Waals surface area contributed by atoms with Gasteiger partial charge in [0.2, 0.25) is 5.89 Å². The number of rotatable bonds is 4. The molecule has 1 atom stereocenters. The van der Waals surface area contributed by atoms with Crippen molar-refractivity contribution in [3.05, 3.63) is 83.5 Å². The van der Waals surface area contributed by atoms with Gasteiger partial charge in [0.1, 0.15) is 0 Å². The number of nitrogens with two attached hydrogens (primary N) is 1. The van der Waals surface area contributed by atoms with Crippen LogP contribution in [0.15, 0.2) is 65.2 Å². The molecule has 0 aliphatic heterocycles. The highest BCUT2D eigenvalue weighted by Crippen LogP contribution is 2.33. The van der Waals surface area contributed by atoms with E-state index in [-0.39, 0.29) is 12.0 Å². The molecule has 0 saturated carbocycles. The zero-order chi connectivity index (χ0) is 14.7. The van der Waals surface area contributed by atoms with E-state index < -0.39 is 0 Å². The van der Waals surface area contributed by atoms with Crippen LogP contribution in [0, 0.1) is 6.92 Å². The first-order valence-electron chi connectivity index (χ1n) is 6.91. The predicted molar refractivity (Wildman–Crippen MR) is 80.7 cm³/mol. The largest absolute Gasteiger partial charge is 0.340 e. The van der Waals surface area contributed by atoms with Gasteiger partial charge in [0.15, 0.2) is 5.82 Å². The fourth-order valence-corrected chi connectivity index (χ4v) is 2.53. The van der Waals surface area contributed by atoms with Crippen LogP contribution in [0.2, 0.25) is 0 Å². The van der Waals surface area contributed by atoms with E-state index in [1.165, 1.54) is 0 Å². The van der Waals surface area contributed by atoms with Crippen LogP contribution >= 0.6 is 0 Å². The number of hydrogen-bond acceptors (Lipinski definition) is 4. The third-order valence-electron chi connectivity index (χ3n) is 3.52. The molecule has 3 aromatic rings. The zero-order valence-corrected chi connectivity index (χ0v) is 11.8. The molecular formula is C17H17N3O. The summed E-state index contributed by atoms with van der Waals surface area (Å²) in [5, 5.41) is 3.98. The highest BCUT2D eigenvalue weighted by Gasteiger charge is 2.26. The van der Waals surface area contributed by atoms with Crippen molar-refractivity contribution in [3.63, 3.8) is 0 Å². The molecular weight excluding hydrogens is 262 g/mol. The minimum atomic E-state index is -0.354. The van der Waals surface area contributed by atoms with Crippen molar-refractivity contribution < 1.29 is 4.52 Å². The van der Waals surface area contributed by atoms with Crippen molar-refractivity contribution in [1.29, 1.82) is 0 Å². The molecule has 0 fully saturated rings. The molecule has 0 aliphatic rings. The number of aryl methyl sites for hydroxylation is 1. The lowest BCUT2D eigenvalue weighted by atomic mass is 9.85. The lowest BCUT2D eigenvalue weighted by molar-refractivity contribution is 0.381. The van der Waals surface area contributed by atoms with E-state index in [0.29, 0.717) is 11.7 Å². The molecule has 4 heteroatoms. The molecule has 21 heavy (non-hydrogen) atoms. The Labute approximate surface area is 123 Å². The summed E-state index contributed by atoms with van der Waals surface area (Å²) in [6, 6.07) is 20.0. The maximum atomic E-state index is 6.43. The summed E-state index contributed by atoms with van der Waals surface area (Å²) >= 11 is 0. The van der Waals surface area contributed by atoms with Crippen LogP contribution in [0.3, 0.4) is 0 Å². The SMILES string of the molecule is Cc1nc(C(N)C(c2ccccc2)c2ccccc2)no1. The van der Waals surface area contributed by atoms with Crippen LogP contribution in [0.25, 0.3) is 0 Å². The molecule has 106 valence electrons. The first-order chi connectivity index (χ1) is 10.3. The van der Waals surface area contributed by atoms with Crippen molar-refractivity contribution >= 4 is 0 Å². The van der Waals surface area contributed by atoms with Crippen molar-refractivity contribution in [3.8, 4) is 0 Å². The van der Waals surface area contributed by atoms with Crippen molar-refractivity contribution in [2.45, 2.75) is 18.9 Å². The van der Waals surface area contributed by atoms with Gasteiger partial charge in [0.05, 0.1) is 6.04 Å². The average molecular weight is 279 g/mol. The summed E-state index contributed by atoms with van der Waals surface area (Å²) < 4.78 is 5.07. The minimum absolute atomic E-state index is 0.00981. The fourth-order valence-electron chi connectivity index (χ4n) is 2.53. The van der Waals surface area contributed by atoms with E-state index in [4.69, 9.17) is 10.3 Å². The molecule has 0 saturated heterocycles. The molecule has 0 radical (unpaired) electrons. The van der Waals surface area contributed by atoms with Gasteiger partial charge in [-0.15, -0.1) is 0 Å². The van der Waals surface area contributed by atoms with E-state index in [9.17, 15) is 0 Å². The highest BCUT2D eigenvalue weighted by atomic mass is 16.5. The first-order valence-corrected chi connectivity index (χ1v) is 6.91. The highest BCUT2D eigenvalue weighted by molar-refractivity contribution is 5.35. The van der Waals surface area contributed by atoms with Gasteiger partial charge in [-0.05, 0) is 11.1 Å². The van der Waals surface area contributed by atoms with Crippen molar-refractivity contribution in [1.82, 2.24) is 10.1 Å². The Kier molecular flexibility index (Phi) is 3.79. The Bertz CT molecular complexity index is 655. The van der Waals surface area contributed by atoms with Gasteiger partial charge in [-0.3, -0.25) is 0 Å². The summed E-state index contributed by atoms with van der Waals surface area (Å²) in [4.78, 5) is 4.28. The summed E-state index contributed by atoms with van der Waals surface area (Å²) in [6.45, 7) is 1.77. The molecule has 4 nitrogen and oxygen atoms in total. The number of nitrogens with zero attached hydrogens (tertiary/aromatic N) is 2. The third kappa shape index (κ3) is 2.85. The summed E-state index contributed by atoms with van der Waals surface area (Å²) in [6.07, 6.45) is 0. The van der Waals surface area contributed by atoms with E-state index in [1.54, 1.807) is 6.92 Å². The number of benzene rings is 2. The second kappa shape index (κ2) is 5.89. The second-order valence-electron chi connectivity index (χ2n) is 5.00. The van der Waals surface area contributed by atoms with Crippen LogP contribution < -0.4 is 5.73 Å². The topological polar surface area (TPSA) is 64.9 Å². The zero-order valence-electron chi connectivity index (χ0n) is 11.8. The summed E-state index contributed by atoms with van der Waals surface area (Å²) in [5.41, 5.74) is 8.71. The van der Waals surface area contributed by atoms with Crippen LogP contribution in [-0.2, 0) is 0 Å². The van der Waals surface area contributed by atoms with E-state index in [2.05, 4.69) is 34.4 Å². The van der Waals surface area contributed by atoms with Crippen LogP contribution in [0.4, 0.5) is 0 Å². The first kappa shape index (κ1) is 13.5. The fraction of sp³-hybridized carbons (Fsp3) is 0.176. The normalized spacial score (nSPS) is 12.5. The molecule has 1 aromatic heterocycles. The molecule has 2 N–H and O–H groups in total. The Hall–Kier alpha value is -2.46. The van der Waals surface area contributed by atoms with E-state index in [0.717, 1.165) is 11.1 Å².